The number of hydrogen-bond donors (Lipinski definition) is 1. The van der Waals surface area contributed by atoms with Crippen LogP contribution in [-0.4, -0.2) is 23.5 Å². The fraction of sp³-hybridized carbons (Fsp3) is 0.133. The minimum atomic E-state index is -0.573. The van der Waals surface area contributed by atoms with E-state index in [1.807, 2.05) is 17.5 Å². The molecule has 0 fully saturated rings. The molecule has 0 spiro atoms. The monoisotopic (exact) mass is 316 g/mol. The number of amides is 1. The number of thiophene rings is 1. The van der Waals surface area contributed by atoms with Crippen molar-refractivity contribution in [1.29, 1.82) is 0 Å². The predicted molar refractivity (Wildman–Crippen MR) is 80.5 cm³/mol. The van der Waals surface area contributed by atoms with Gasteiger partial charge in [-0.2, -0.15) is 0 Å². The van der Waals surface area contributed by atoms with Gasteiger partial charge < -0.3 is 14.5 Å². The number of rotatable bonds is 5. The van der Waals surface area contributed by atoms with E-state index in [-0.39, 0.29) is 12.5 Å². The van der Waals surface area contributed by atoms with E-state index in [2.05, 4.69) is 10.3 Å². The molecule has 22 heavy (non-hydrogen) atoms. The van der Waals surface area contributed by atoms with Gasteiger partial charge in [-0.05, 0) is 29.6 Å². The first-order valence-electron chi connectivity index (χ1n) is 6.52. The fourth-order valence-corrected chi connectivity index (χ4v) is 2.49. The molecule has 2 heterocycles. The van der Waals surface area contributed by atoms with Crippen LogP contribution in [0.15, 0.2) is 46.5 Å². The van der Waals surface area contributed by atoms with Gasteiger partial charge in [-0.15, -0.1) is 11.3 Å². The zero-order valence-corrected chi connectivity index (χ0v) is 12.3. The molecule has 0 aliphatic carbocycles. The number of aromatic nitrogens is 1. The molecule has 3 rings (SSSR count). The van der Waals surface area contributed by atoms with E-state index in [9.17, 15) is 9.59 Å². The summed E-state index contributed by atoms with van der Waals surface area (Å²) in [6.07, 6.45) is 1.30. The van der Waals surface area contributed by atoms with Crippen molar-refractivity contribution in [2.24, 2.45) is 0 Å². The van der Waals surface area contributed by atoms with Gasteiger partial charge >= 0.3 is 5.97 Å². The minimum Gasteiger partial charge on any atom is -0.452 e. The highest BCUT2D eigenvalue weighted by Crippen LogP contribution is 2.14. The van der Waals surface area contributed by atoms with Gasteiger partial charge in [0.2, 0.25) is 0 Å². The third kappa shape index (κ3) is 3.32. The highest BCUT2D eigenvalue weighted by molar-refractivity contribution is 7.09. The lowest BCUT2D eigenvalue weighted by Gasteiger charge is -2.05. The van der Waals surface area contributed by atoms with Gasteiger partial charge in [0.05, 0.1) is 12.1 Å². The number of esters is 1. The first-order chi connectivity index (χ1) is 10.7. The first kappa shape index (κ1) is 14.3. The summed E-state index contributed by atoms with van der Waals surface area (Å²) in [5.41, 5.74) is 1.48. The molecule has 0 unspecified atom stereocenters. The van der Waals surface area contributed by atoms with Crippen LogP contribution in [0.5, 0.6) is 0 Å². The van der Waals surface area contributed by atoms with Crippen LogP contribution >= 0.6 is 11.3 Å². The zero-order chi connectivity index (χ0) is 15.4. The topological polar surface area (TPSA) is 81.4 Å². The molecular weight excluding hydrogens is 304 g/mol. The van der Waals surface area contributed by atoms with Crippen LogP contribution in [0.25, 0.3) is 11.1 Å². The van der Waals surface area contributed by atoms with Gasteiger partial charge in [-0.1, -0.05) is 6.07 Å². The van der Waals surface area contributed by atoms with Crippen LogP contribution in [0.1, 0.15) is 15.2 Å². The lowest BCUT2D eigenvalue weighted by molar-refractivity contribution is -0.124. The average Bonchev–Trinajstić information content (AvgIpc) is 3.20. The molecule has 0 aliphatic rings. The Morgan fingerprint density at radius 1 is 1.32 bits per heavy atom. The van der Waals surface area contributed by atoms with Crippen LogP contribution < -0.4 is 5.32 Å². The summed E-state index contributed by atoms with van der Waals surface area (Å²) in [7, 11) is 0. The molecule has 3 aromatic rings. The Kier molecular flexibility index (Phi) is 4.15. The Morgan fingerprint density at radius 2 is 2.23 bits per heavy atom. The average molecular weight is 316 g/mol. The Morgan fingerprint density at radius 3 is 3.05 bits per heavy atom. The van der Waals surface area contributed by atoms with Crippen molar-refractivity contribution in [3.63, 3.8) is 0 Å². The summed E-state index contributed by atoms with van der Waals surface area (Å²) < 4.78 is 10.1. The molecule has 0 saturated heterocycles. The molecule has 1 N–H and O–H groups in total. The van der Waals surface area contributed by atoms with E-state index in [4.69, 9.17) is 9.15 Å². The second-order valence-electron chi connectivity index (χ2n) is 4.47. The number of carbonyl (C=O) groups is 2. The number of nitrogens with zero attached hydrogens (tertiary/aromatic N) is 1. The van der Waals surface area contributed by atoms with Crippen molar-refractivity contribution in [1.82, 2.24) is 10.3 Å². The van der Waals surface area contributed by atoms with Gasteiger partial charge in [0.1, 0.15) is 5.52 Å². The molecule has 0 aliphatic heterocycles. The molecule has 7 heteroatoms. The van der Waals surface area contributed by atoms with Crippen LogP contribution in [-0.2, 0) is 16.1 Å². The number of hydrogen-bond acceptors (Lipinski definition) is 6. The van der Waals surface area contributed by atoms with Crippen molar-refractivity contribution < 1.29 is 18.7 Å². The normalized spacial score (nSPS) is 10.5. The lowest BCUT2D eigenvalue weighted by atomic mass is 10.2. The van der Waals surface area contributed by atoms with Gasteiger partial charge in [0, 0.05) is 4.88 Å². The summed E-state index contributed by atoms with van der Waals surface area (Å²) in [6.45, 7) is 0.111. The third-order valence-corrected chi connectivity index (χ3v) is 3.82. The standard InChI is InChI=1S/C15H12N2O4S/c18-14(16-7-11-2-1-5-22-11)8-20-15(19)10-3-4-13-12(6-10)17-9-21-13/h1-6,9H,7-8H2,(H,16,18). The maximum absolute atomic E-state index is 11.9. The molecular formula is C15H12N2O4S. The first-order valence-corrected chi connectivity index (χ1v) is 7.40. The van der Waals surface area contributed by atoms with Crippen molar-refractivity contribution in [2.45, 2.75) is 6.54 Å². The third-order valence-electron chi connectivity index (χ3n) is 2.94. The summed E-state index contributed by atoms with van der Waals surface area (Å²) in [5, 5.41) is 4.62. The summed E-state index contributed by atoms with van der Waals surface area (Å²) in [5.74, 6) is -0.916. The molecule has 0 atom stereocenters. The highest BCUT2D eigenvalue weighted by Gasteiger charge is 2.12. The van der Waals surface area contributed by atoms with E-state index in [1.165, 1.54) is 6.39 Å². The second-order valence-corrected chi connectivity index (χ2v) is 5.50. The SMILES string of the molecule is O=C(COC(=O)c1ccc2ocnc2c1)NCc1cccs1. The van der Waals surface area contributed by atoms with Crippen LogP contribution in [0, 0.1) is 0 Å². The van der Waals surface area contributed by atoms with Crippen molar-refractivity contribution in [3.05, 3.63) is 52.5 Å². The van der Waals surface area contributed by atoms with E-state index in [0.29, 0.717) is 23.2 Å². The van der Waals surface area contributed by atoms with E-state index in [1.54, 1.807) is 29.5 Å². The maximum atomic E-state index is 11.9. The van der Waals surface area contributed by atoms with E-state index in [0.717, 1.165) is 4.88 Å². The molecule has 6 nitrogen and oxygen atoms in total. The number of carbonyl (C=O) groups excluding carboxylic acids is 2. The zero-order valence-electron chi connectivity index (χ0n) is 11.4. The number of oxazole rings is 1. The smallest absolute Gasteiger partial charge is 0.338 e. The molecule has 1 amide bonds. The Labute approximate surface area is 129 Å². The number of fused-ring (bicyclic) bond motifs is 1. The molecule has 0 saturated carbocycles. The molecule has 0 bridgehead atoms. The maximum Gasteiger partial charge on any atom is 0.338 e. The molecule has 1 aromatic carbocycles. The summed E-state index contributed by atoms with van der Waals surface area (Å²) >= 11 is 1.55. The van der Waals surface area contributed by atoms with Crippen molar-refractivity contribution in [2.75, 3.05) is 6.61 Å². The number of ether oxygens (including phenoxy) is 1. The van der Waals surface area contributed by atoms with Gasteiger partial charge in [-0.25, -0.2) is 9.78 Å². The van der Waals surface area contributed by atoms with Gasteiger partial charge in [0.15, 0.2) is 18.6 Å². The number of nitrogens with one attached hydrogen (secondary N) is 1. The number of benzene rings is 1. The summed E-state index contributed by atoms with van der Waals surface area (Å²) in [4.78, 5) is 28.5. The van der Waals surface area contributed by atoms with Crippen LogP contribution in [0.2, 0.25) is 0 Å². The predicted octanol–water partition coefficient (Wildman–Crippen LogP) is 2.36. The Balaban J connectivity index is 1.51. The van der Waals surface area contributed by atoms with Gasteiger partial charge in [-0.3, -0.25) is 4.79 Å². The molecule has 2 aromatic heterocycles. The highest BCUT2D eigenvalue weighted by atomic mass is 32.1. The molecule has 112 valence electrons. The van der Waals surface area contributed by atoms with E-state index >= 15 is 0 Å². The fourth-order valence-electron chi connectivity index (χ4n) is 1.85. The van der Waals surface area contributed by atoms with Gasteiger partial charge in [0.25, 0.3) is 5.91 Å². The van der Waals surface area contributed by atoms with E-state index < -0.39 is 5.97 Å². The van der Waals surface area contributed by atoms with Crippen LogP contribution in [0.4, 0.5) is 0 Å². The van der Waals surface area contributed by atoms with Crippen LogP contribution in [0.3, 0.4) is 0 Å². The molecule has 0 radical (unpaired) electrons. The second kappa shape index (κ2) is 6.40. The van der Waals surface area contributed by atoms with Crippen molar-refractivity contribution in [3.8, 4) is 0 Å². The largest absolute Gasteiger partial charge is 0.452 e. The minimum absolute atomic E-state index is 0.318. The quantitative estimate of drug-likeness (QED) is 0.731. The Bertz CT molecular complexity index is 795. The Hall–Kier alpha value is -2.67. The summed E-state index contributed by atoms with van der Waals surface area (Å²) in [6, 6.07) is 8.59. The lowest BCUT2D eigenvalue weighted by Crippen LogP contribution is -2.28. The van der Waals surface area contributed by atoms with Crippen molar-refractivity contribution >= 4 is 34.3 Å².